The zero-order chi connectivity index (χ0) is 30.9. The molecule has 0 bridgehead atoms. The summed E-state index contributed by atoms with van der Waals surface area (Å²) >= 11 is 0. The number of ether oxygens (including phenoxy) is 2. The fourth-order valence-corrected chi connectivity index (χ4v) is 10.8. The number of anilines is 1. The number of aliphatic hydroxyl groups is 1. The van der Waals surface area contributed by atoms with Crippen LogP contribution in [0.4, 0.5) is 10.1 Å². The smallest absolute Gasteiger partial charge is 0.272 e. The fraction of sp³-hybridized carbons (Fsp3) is 0.622. The topological polar surface area (TPSA) is 96.5 Å². The fourth-order valence-electron chi connectivity index (χ4n) is 10.8. The number of halogens is 1. The molecule has 9 atom stereocenters. The van der Waals surface area contributed by atoms with Crippen molar-refractivity contribution < 1.29 is 19.0 Å². The minimum Gasteiger partial charge on any atom is -0.491 e. The SMILES string of the molecule is C[C@]12CCC(O)C[C@@H]1CC[C@@H]1[C@@H]2CC[C@]2(C)[C@@H](OCCOc3ccc([C@@H]4Cc5n[nH]c(=O)c6cc(F)cc(c56)N4)cc3)CC[C@@H]12. The van der Waals surface area contributed by atoms with E-state index in [2.05, 4.69) is 29.4 Å². The zero-order valence-corrected chi connectivity index (χ0v) is 26.5. The van der Waals surface area contributed by atoms with Crippen LogP contribution < -0.4 is 15.6 Å². The Morgan fingerprint density at radius 3 is 2.62 bits per heavy atom. The highest BCUT2D eigenvalue weighted by atomic mass is 19.1. The average Bonchev–Trinajstić information content (AvgIpc) is 3.37. The van der Waals surface area contributed by atoms with Crippen LogP contribution in [0.1, 0.15) is 88.9 Å². The van der Waals surface area contributed by atoms with E-state index < -0.39 is 5.82 Å². The molecule has 8 rings (SSSR count). The van der Waals surface area contributed by atoms with Gasteiger partial charge in [0.2, 0.25) is 0 Å². The maximum Gasteiger partial charge on any atom is 0.272 e. The molecule has 3 aromatic rings. The third-order valence-electron chi connectivity index (χ3n) is 13.2. The van der Waals surface area contributed by atoms with E-state index in [4.69, 9.17) is 9.47 Å². The van der Waals surface area contributed by atoms with Gasteiger partial charge in [0.1, 0.15) is 18.2 Å². The number of H-pyrrole nitrogens is 1. The average molecular weight is 616 g/mol. The number of nitrogens with zero attached hydrogens (tertiary/aromatic N) is 1. The maximum atomic E-state index is 14.3. The number of benzene rings is 2. The second-order valence-electron chi connectivity index (χ2n) is 15.3. The highest BCUT2D eigenvalue weighted by molar-refractivity contribution is 5.96. The third-order valence-corrected chi connectivity index (χ3v) is 13.2. The molecule has 1 aromatic heterocycles. The molecule has 0 spiro atoms. The van der Waals surface area contributed by atoms with E-state index in [1.54, 1.807) is 0 Å². The molecule has 3 N–H and O–H groups in total. The molecule has 5 aliphatic rings. The first kappa shape index (κ1) is 29.4. The van der Waals surface area contributed by atoms with Gasteiger partial charge in [0.05, 0.1) is 35.9 Å². The van der Waals surface area contributed by atoms with Crippen LogP contribution >= 0.6 is 0 Å². The number of aromatic nitrogens is 2. The van der Waals surface area contributed by atoms with Gasteiger partial charge in [0.25, 0.3) is 5.56 Å². The number of fused-ring (bicyclic) bond motifs is 5. The first-order valence-corrected chi connectivity index (χ1v) is 17.2. The van der Waals surface area contributed by atoms with Gasteiger partial charge in [-0.05, 0) is 122 Å². The van der Waals surface area contributed by atoms with E-state index in [0.717, 1.165) is 54.0 Å². The summed E-state index contributed by atoms with van der Waals surface area (Å²) < 4.78 is 26.9. The van der Waals surface area contributed by atoms with Gasteiger partial charge >= 0.3 is 0 Å². The van der Waals surface area contributed by atoms with Gasteiger partial charge < -0.3 is 19.9 Å². The van der Waals surface area contributed by atoms with Crippen molar-refractivity contribution in [3.05, 3.63) is 63.8 Å². The second-order valence-corrected chi connectivity index (χ2v) is 15.3. The molecule has 4 saturated carbocycles. The van der Waals surface area contributed by atoms with Gasteiger partial charge in [0, 0.05) is 17.5 Å². The summed E-state index contributed by atoms with van der Waals surface area (Å²) in [6.07, 6.45) is 11.6. The lowest BCUT2D eigenvalue weighted by Crippen LogP contribution is -2.54. The number of aliphatic hydroxyl groups excluding tert-OH is 1. The monoisotopic (exact) mass is 615 g/mol. The summed E-state index contributed by atoms with van der Waals surface area (Å²) in [4.78, 5) is 12.2. The molecule has 7 nitrogen and oxygen atoms in total. The summed E-state index contributed by atoms with van der Waals surface area (Å²) in [7, 11) is 0. The molecule has 4 fully saturated rings. The van der Waals surface area contributed by atoms with Crippen molar-refractivity contribution in [2.45, 2.75) is 96.3 Å². The van der Waals surface area contributed by atoms with Crippen molar-refractivity contribution in [1.82, 2.24) is 10.2 Å². The van der Waals surface area contributed by atoms with Crippen LogP contribution in [0.5, 0.6) is 5.75 Å². The molecule has 8 heteroatoms. The van der Waals surface area contributed by atoms with Gasteiger partial charge in [-0.15, -0.1) is 0 Å². The Morgan fingerprint density at radius 1 is 0.978 bits per heavy atom. The highest BCUT2D eigenvalue weighted by Gasteiger charge is 2.60. The Kier molecular flexibility index (Phi) is 7.25. The van der Waals surface area contributed by atoms with Crippen molar-refractivity contribution in [2.75, 3.05) is 18.5 Å². The van der Waals surface area contributed by atoms with Gasteiger partial charge in [-0.3, -0.25) is 4.79 Å². The normalized spacial score (nSPS) is 36.9. The molecule has 240 valence electrons. The molecule has 2 heterocycles. The van der Waals surface area contributed by atoms with Crippen molar-refractivity contribution >= 4 is 16.5 Å². The van der Waals surface area contributed by atoms with E-state index in [1.807, 2.05) is 24.3 Å². The number of aromatic amines is 1. The van der Waals surface area contributed by atoms with Crippen LogP contribution in [0, 0.1) is 40.3 Å². The highest BCUT2D eigenvalue weighted by Crippen LogP contribution is 2.66. The molecule has 1 unspecified atom stereocenters. The van der Waals surface area contributed by atoms with E-state index in [0.29, 0.717) is 53.5 Å². The Morgan fingerprint density at radius 2 is 1.78 bits per heavy atom. The lowest BCUT2D eigenvalue weighted by molar-refractivity contribution is -0.142. The van der Waals surface area contributed by atoms with E-state index in [1.165, 1.54) is 50.7 Å². The van der Waals surface area contributed by atoms with Gasteiger partial charge in [-0.1, -0.05) is 26.0 Å². The predicted molar refractivity (Wildman–Crippen MR) is 172 cm³/mol. The maximum absolute atomic E-state index is 14.3. The largest absolute Gasteiger partial charge is 0.491 e. The van der Waals surface area contributed by atoms with E-state index in [-0.39, 0.29) is 23.1 Å². The molecule has 0 saturated heterocycles. The van der Waals surface area contributed by atoms with Crippen LogP contribution in [0.3, 0.4) is 0 Å². The van der Waals surface area contributed by atoms with Crippen molar-refractivity contribution in [1.29, 1.82) is 0 Å². The first-order chi connectivity index (χ1) is 21.7. The number of hydrogen-bond acceptors (Lipinski definition) is 6. The van der Waals surface area contributed by atoms with Crippen LogP contribution in [-0.4, -0.2) is 40.7 Å². The summed E-state index contributed by atoms with van der Waals surface area (Å²) in [5.41, 5.74) is 2.68. The Balaban J connectivity index is 0.860. The van der Waals surface area contributed by atoms with Crippen molar-refractivity contribution in [2.24, 2.45) is 34.5 Å². The van der Waals surface area contributed by atoms with E-state index in [9.17, 15) is 14.3 Å². The predicted octanol–water partition coefficient (Wildman–Crippen LogP) is 6.94. The minimum absolute atomic E-state index is 0.0839. The molecule has 4 aliphatic carbocycles. The third kappa shape index (κ3) is 4.89. The Labute approximate surface area is 264 Å². The summed E-state index contributed by atoms with van der Waals surface area (Å²) in [6.45, 7) is 6.16. The van der Waals surface area contributed by atoms with Gasteiger partial charge in [-0.2, -0.15) is 5.10 Å². The molecule has 1 aliphatic heterocycles. The van der Waals surface area contributed by atoms with Crippen LogP contribution in [-0.2, 0) is 11.2 Å². The van der Waals surface area contributed by atoms with Crippen LogP contribution in [0.25, 0.3) is 10.8 Å². The molecular formula is C37H46FN3O4. The molecule has 0 amide bonds. The number of nitrogens with one attached hydrogen (secondary N) is 2. The Bertz CT molecular complexity index is 1640. The summed E-state index contributed by atoms with van der Waals surface area (Å²) in [6, 6.07) is 10.6. The van der Waals surface area contributed by atoms with Crippen molar-refractivity contribution in [3.8, 4) is 5.75 Å². The van der Waals surface area contributed by atoms with Crippen molar-refractivity contribution in [3.63, 3.8) is 0 Å². The number of rotatable bonds is 6. The first-order valence-electron chi connectivity index (χ1n) is 17.2. The molecule has 45 heavy (non-hydrogen) atoms. The lowest BCUT2D eigenvalue weighted by atomic mass is 9.45. The van der Waals surface area contributed by atoms with Crippen LogP contribution in [0.2, 0.25) is 0 Å². The quantitative estimate of drug-likeness (QED) is 0.260. The lowest BCUT2D eigenvalue weighted by Gasteiger charge is -2.60. The molecule has 2 aromatic carbocycles. The van der Waals surface area contributed by atoms with Gasteiger partial charge in [-0.25, -0.2) is 9.49 Å². The molecular weight excluding hydrogens is 569 g/mol. The van der Waals surface area contributed by atoms with Gasteiger partial charge in [0.15, 0.2) is 0 Å². The standard InChI is InChI=1S/C37H46FN3O4/c1-36-13-11-24(42)17-22(36)5-8-26-28-9-10-33(37(28,2)14-12-29(26)36)45-16-15-44-25-6-3-21(4-7-25)30-20-32-34-27(35(43)41-40-32)18-23(38)19-31(34)39-30/h3-4,6-7,18-19,22,24,26,28-30,33,39,42H,5,8-17,20H2,1-2H3,(H,41,43)/t22-,24?,26-,28-,29-,30-,33-,36-,37-/m0/s1. The Hall–Kier alpha value is -2.97. The second kappa shape index (κ2) is 11.1. The summed E-state index contributed by atoms with van der Waals surface area (Å²) in [5.74, 6) is 3.41. The number of hydrogen-bond donors (Lipinski definition) is 3. The minimum atomic E-state index is -0.448. The molecule has 0 radical (unpaired) electrons. The van der Waals surface area contributed by atoms with E-state index >= 15 is 0 Å². The summed E-state index contributed by atoms with van der Waals surface area (Å²) in [5, 5.41) is 21.5. The van der Waals surface area contributed by atoms with Crippen LogP contribution in [0.15, 0.2) is 41.2 Å². The zero-order valence-electron chi connectivity index (χ0n) is 26.5.